The molecule has 1 heterocycles. The van der Waals surface area contributed by atoms with Gasteiger partial charge in [-0.1, -0.05) is 23.7 Å². The summed E-state index contributed by atoms with van der Waals surface area (Å²) in [7, 11) is 1.76. The van der Waals surface area contributed by atoms with E-state index < -0.39 is 0 Å². The van der Waals surface area contributed by atoms with Crippen molar-refractivity contribution in [3.63, 3.8) is 0 Å². The minimum Gasteiger partial charge on any atom is -0.383 e. The lowest BCUT2D eigenvalue weighted by atomic mass is 10.2. The highest BCUT2D eigenvalue weighted by Crippen LogP contribution is 2.12. The Hall–Kier alpha value is -0.610. The fourth-order valence-electron chi connectivity index (χ4n) is 2.24. The number of nitrogens with zero attached hydrogens (tertiary/aromatic N) is 2. The zero-order valence-electron chi connectivity index (χ0n) is 10.9. The highest BCUT2D eigenvalue weighted by Gasteiger charge is 2.16. The van der Waals surface area contributed by atoms with Gasteiger partial charge in [0.1, 0.15) is 0 Å². The van der Waals surface area contributed by atoms with Crippen LogP contribution in [0.1, 0.15) is 5.56 Å². The topological polar surface area (TPSA) is 15.7 Å². The van der Waals surface area contributed by atoms with E-state index in [1.807, 2.05) is 12.1 Å². The van der Waals surface area contributed by atoms with E-state index in [1.54, 1.807) is 7.11 Å². The summed E-state index contributed by atoms with van der Waals surface area (Å²) in [4.78, 5) is 4.95. The van der Waals surface area contributed by atoms with E-state index in [9.17, 15) is 0 Å². The van der Waals surface area contributed by atoms with Gasteiger partial charge < -0.3 is 4.74 Å². The third-order valence-corrected chi connectivity index (χ3v) is 3.65. The van der Waals surface area contributed by atoms with E-state index in [-0.39, 0.29) is 0 Å². The number of piperazine rings is 1. The molecule has 1 aromatic carbocycles. The first-order valence-electron chi connectivity index (χ1n) is 6.46. The van der Waals surface area contributed by atoms with E-state index in [0.717, 1.165) is 50.9 Å². The summed E-state index contributed by atoms with van der Waals surface area (Å²) in [5.41, 5.74) is 1.34. The van der Waals surface area contributed by atoms with Crippen LogP contribution in [-0.2, 0) is 11.3 Å². The predicted octanol–water partition coefficient (Wildman–Crippen LogP) is 2.10. The summed E-state index contributed by atoms with van der Waals surface area (Å²) in [6.45, 7) is 7.43. The van der Waals surface area contributed by atoms with Gasteiger partial charge in [-0.15, -0.1) is 0 Å². The van der Waals surface area contributed by atoms with E-state index in [1.165, 1.54) is 5.56 Å². The molecule has 1 aromatic rings. The zero-order valence-corrected chi connectivity index (χ0v) is 11.7. The Bertz CT molecular complexity index is 347. The van der Waals surface area contributed by atoms with Crippen LogP contribution in [0, 0.1) is 0 Å². The molecule has 1 saturated heterocycles. The van der Waals surface area contributed by atoms with Gasteiger partial charge in [-0.25, -0.2) is 0 Å². The highest BCUT2D eigenvalue weighted by molar-refractivity contribution is 6.30. The molecule has 0 atom stereocenters. The van der Waals surface area contributed by atoms with Gasteiger partial charge in [-0.05, 0) is 17.7 Å². The fraction of sp³-hybridized carbons (Fsp3) is 0.571. The van der Waals surface area contributed by atoms with Gasteiger partial charge >= 0.3 is 0 Å². The Balaban J connectivity index is 1.74. The van der Waals surface area contributed by atoms with E-state index >= 15 is 0 Å². The van der Waals surface area contributed by atoms with Gasteiger partial charge in [0.25, 0.3) is 0 Å². The molecule has 100 valence electrons. The molecule has 18 heavy (non-hydrogen) atoms. The van der Waals surface area contributed by atoms with Crippen LogP contribution in [-0.4, -0.2) is 56.2 Å². The molecule has 4 heteroatoms. The molecule has 0 bridgehead atoms. The van der Waals surface area contributed by atoms with E-state index in [2.05, 4.69) is 21.9 Å². The van der Waals surface area contributed by atoms with Crippen molar-refractivity contribution in [2.75, 3.05) is 46.4 Å². The first kappa shape index (κ1) is 13.8. The molecule has 0 saturated carbocycles. The molecule has 0 spiro atoms. The van der Waals surface area contributed by atoms with Crippen LogP contribution in [0.5, 0.6) is 0 Å². The van der Waals surface area contributed by atoms with Gasteiger partial charge in [0, 0.05) is 51.4 Å². The van der Waals surface area contributed by atoms with Gasteiger partial charge in [0.05, 0.1) is 6.61 Å². The summed E-state index contributed by atoms with van der Waals surface area (Å²) >= 11 is 5.89. The van der Waals surface area contributed by atoms with Crippen molar-refractivity contribution >= 4 is 11.6 Å². The number of hydrogen-bond acceptors (Lipinski definition) is 3. The maximum absolute atomic E-state index is 5.89. The Morgan fingerprint density at radius 2 is 1.67 bits per heavy atom. The first-order chi connectivity index (χ1) is 8.78. The van der Waals surface area contributed by atoms with Crippen molar-refractivity contribution in [3.8, 4) is 0 Å². The molecule has 0 aliphatic carbocycles. The maximum Gasteiger partial charge on any atom is 0.0589 e. The molecule has 0 aromatic heterocycles. The van der Waals surface area contributed by atoms with Crippen molar-refractivity contribution in [1.82, 2.24) is 9.80 Å². The maximum atomic E-state index is 5.89. The van der Waals surface area contributed by atoms with Crippen LogP contribution in [0.25, 0.3) is 0 Å². The average Bonchev–Trinajstić information content (AvgIpc) is 2.41. The lowest BCUT2D eigenvalue weighted by Crippen LogP contribution is -2.46. The van der Waals surface area contributed by atoms with Crippen LogP contribution < -0.4 is 0 Å². The molecular weight excluding hydrogens is 248 g/mol. The van der Waals surface area contributed by atoms with Gasteiger partial charge in [0.2, 0.25) is 0 Å². The molecule has 2 rings (SSSR count). The summed E-state index contributed by atoms with van der Waals surface area (Å²) in [5.74, 6) is 0. The minimum atomic E-state index is 0.808. The third-order valence-electron chi connectivity index (χ3n) is 3.40. The SMILES string of the molecule is COCCN1CCN(Cc2ccc(Cl)cc2)CC1. The van der Waals surface area contributed by atoms with E-state index in [4.69, 9.17) is 16.3 Å². The summed E-state index contributed by atoms with van der Waals surface area (Å²) < 4.78 is 5.11. The van der Waals surface area contributed by atoms with Crippen molar-refractivity contribution in [1.29, 1.82) is 0 Å². The number of ether oxygens (including phenoxy) is 1. The standard InChI is InChI=1S/C14H21ClN2O/c1-18-11-10-16-6-8-17(9-7-16)12-13-2-4-14(15)5-3-13/h2-5H,6-12H2,1H3. The molecular formula is C14H21ClN2O. The Morgan fingerprint density at radius 3 is 2.28 bits per heavy atom. The summed E-state index contributed by atoms with van der Waals surface area (Å²) in [6, 6.07) is 8.15. The molecule has 0 radical (unpaired) electrons. The van der Waals surface area contributed by atoms with E-state index in [0.29, 0.717) is 0 Å². The highest BCUT2D eigenvalue weighted by atomic mass is 35.5. The predicted molar refractivity (Wildman–Crippen MR) is 75.0 cm³/mol. The second-order valence-corrected chi connectivity index (χ2v) is 5.17. The van der Waals surface area contributed by atoms with Crippen molar-refractivity contribution < 1.29 is 4.74 Å². The van der Waals surface area contributed by atoms with Crippen molar-refractivity contribution in [2.24, 2.45) is 0 Å². The third kappa shape index (κ3) is 4.25. The summed E-state index contributed by atoms with van der Waals surface area (Å²) in [5, 5.41) is 0.808. The molecule has 3 nitrogen and oxygen atoms in total. The normalized spacial score (nSPS) is 18.1. The monoisotopic (exact) mass is 268 g/mol. The fourth-order valence-corrected chi connectivity index (χ4v) is 2.37. The Morgan fingerprint density at radius 1 is 1.06 bits per heavy atom. The number of halogens is 1. The van der Waals surface area contributed by atoms with Crippen LogP contribution in [0.15, 0.2) is 24.3 Å². The van der Waals surface area contributed by atoms with Crippen molar-refractivity contribution in [3.05, 3.63) is 34.9 Å². The van der Waals surface area contributed by atoms with Gasteiger partial charge in [0.15, 0.2) is 0 Å². The van der Waals surface area contributed by atoms with Crippen molar-refractivity contribution in [2.45, 2.75) is 6.54 Å². The average molecular weight is 269 g/mol. The number of methoxy groups -OCH3 is 1. The van der Waals surface area contributed by atoms with Crippen LogP contribution in [0.3, 0.4) is 0 Å². The zero-order chi connectivity index (χ0) is 12.8. The Kier molecular flexibility index (Phi) is 5.45. The van der Waals surface area contributed by atoms with Gasteiger partial charge in [-0.3, -0.25) is 9.80 Å². The first-order valence-corrected chi connectivity index (χ1v) is 6.84. The molecule has 1 aliphatic heterocycles. The molecule has 1 aliphatic rings. The molecule has 0 unspecified atom stereocenters. The summed E-state index contributed by atoms with van der Waals surface area (Å²) in [6.07, 6.45) is 0. The molecule has 0 amide bonds. The molecule has 1 fully saturated rings. The lowest BCUT2D eigenvalue weighted by molar-refractivity contribution is 0.0938. The largest absolute Gasteiger partial charge is 0.383 e. The second-order valence-electron chi connectivity index (χ2n) is 4.74. The van der Waals surface area contributed by atoms with Gasteiger partial charge in [-0.2, -0.15) is 0 Å². The number of benzene rings is 1. The number of hydrogen-bond donors (Lipinski definition) is 0. The van der Waals surface area contributed by atoms with Crippen LogP contribution in [0.2, 0.25) is 5.02 Å². The smallest absolute Gasteiger partial charge is 0.0589 e. The van der Waals surface area contributed by atoms with Crippen LogP contribution in [0.4, 0.5) is 0 Å². The molecule has 0 N–H and O–H groups in total. The number of rotatable bonds is 5. The minimum absolute atomic E-state index is 0.808. The second kappa shape index (κ2) is 7.10. The quantitative estimate of drug-likeness (QED) is 0.814. The Labute approximate surface area is 114 Å². The van der Waals surface area contributed by atoms with Crippen LogP contribution >= 0.6 is 11.6 Å². The lowest BCUT2D eigenvalue weighted by Gasteiger charge is -2.34.